The van der Waals surface area contributed by atoms with Gasteiger partial charge < -0.3 is 14.9 Å². The van der Waals surface area contributed by atoms with Crippen molar-refractivity contribution in [2.45, 2.75) is 25.1 Å². The lowest BCUT2D eigenvalue weighted by Gasteiger charge is -2.25. The van der Waals surface area contributed by atoms with Gasteiger partial charge in [0, 0.05) is 13.0 Å². The second kappa shape index (κ2) is 5.97. The molecule has 0 aliphatic carbocycles. The van der Waals surface area contributed by atoms with Crippen molar-refractivity contribution in [2.24, 2.45) is 0 Å². The number of fused-ring (bicyclic) bond motifs is 2. The van der Waals surface area contributed by atoms with Crippen LogP contribution in [0.2, 0.25) is 0 Å². The summed E-state index contributed by atoms with van der Waals surface area (Å²) >= 11 is 0. The number of hydrogen-bond donors (Lipinski definition) is 1. The van der Waals surface area contributed by atoms with Crippen LogP contribution in [0.15, 0.2) is 48.5 Å². The average Bonchev–Trinajstić information content (AvgIpc) is 2.99. The van der Waals surface area contributed by atoms with E-state index in [-0.39, 0.29) is 37.1 Å². The Kier molecular flexibility index (Phi) is 3.77. The number of aliphatic hydroxyl groups excluding tert-OH is 1. The summed E-state index contributed by atoms with van der Waals surface area (Å²) < 4.78 is 13.2. The van der Waals surface area contributed by atoms with Crippen molar-refractivity contribution in [3.8, 4) is 0 Å². The summed E-state index contributed by atoms with van der Waals surface area (Å²) in [5, 5.41) is 9.94. The number of benzene rings is 2. The predicted octanol–water partition coefficient (Wildman–Crippen LogP) is 1.95. The second-order valence-electron chi connectivity index (χ2n) is 6.43. The summed E-state index contributed by atoms with van der Waals surface area (Å²) in [4.78, 5) is 29.0. The van der Waals surface area contributed by atoms with Crippen LogP contribution in [0.4, 0.5) is 10.1 Å². The lowest BCUT2D eigenvalue weighted by molar-refractivity contribution is -0.122. The molecule has 1 saturated heterocycles. The standard InChI is InChI=1S/C19H17FN2O3/c20-13-7-5-12(6-8-13)10-21-16-4-2-1-3-15(16)18(24)22-11-14(23)9-17(22)19(21)25/h1-8,14,17,23H,9-11H2/t14-,17+/m1/s1. The molecule has 0 saturated carbocycles. The maximum absolute atomic E-state index is 13.2. The van der Waals surface area contributed by atoms with Crippen molar-refractivity contribution < 1.29 is 19.1 Å². The molecule has 2 heterocycles. The summed E-state index contributed by atoms with van der Waals surface area (Å²) in [5.74, 6) is -0.808. The Balaban J connectivity index is 1.78. The molecule has 2 aliphatic heterocycles. The first-order valence-corrected chi connectivity index (χ1v) is 8.18. The molecule has 0 radical (unpaired) electrons. The molecular weight excluding hydrogens is 323 g/mol. The molecule has 2 amide bonds. The molecule has 2 aliphatic rings. The number of halogens is 1. The first-order chi connectivity index (χ1) is 12.0. The maximum Gasteiger partial charge on any atom is 0.256 e. The molecule has 1 fully saturated rings. The van der Waals surface area contributed by atoms with Gasteiger partial charge in [-0.3, -0.25) is 9.59 Å². The molecule has 128 valence electrons. The number of carbonyl (C=O) groups is 2. The third-order valence-corrected chi connectivity index (χ3v) is 4.77. The molecule has 4 rings (SSSR count). The SMILES string of the molecule is O=C1[C@@H]2C[C@@H](O)CN2C(=O)c2ccccc2N1Cc1ccc(F)cc1. The van der Waals surface area contributed by atoms with Gasteiger partial charge in [-0.05, 0) is 29.8 Å². The van der Waals surface area contributed by atoms with E-state index in [1.165, 1.54) is 17.0 Å². The fraction of sp³-hybridized carbons (Fsp3) is 0.263. The molecule has 6 heteroatoms. The first-order valence-electron chi connectivity index (χ1n) is 8.18. The lowest BCUT2D eigenvalue weighted by Crippen LogP contribution is -2.44. The van der Waals surface area contributed by atoms with E-state index in [9.17, 15) is 19.1 Å². The van der Waals surface area contributed by atoms with Crippen LogP contribution in [0.1, 0.15) is 22.3 Å². The lowest BCUT2D eigenvalue weighted by atomic mass is 10.1. The third kappa shape index (κ3) is 2.68. The van der Waals surface area contributed by atoms with Gasteiger partial charge in [0.25, 0.3) is 5.91 Å². The Bertz CT molecular complexity index is 837. The number of nitrogens with zero attached hydrogens (tertiary/aromatic N) is 2. The number of hydrogen-bond acceptors (Lipinski definition) is 3. The summed E-state index contributed by atoms with van der Waals surface area (Å²) in [6.07, 6.45) is -0.464. The Morgan fingerprint density at radius 2 is 1.80 bits per heavy atom. The summed E-state index contributed by atoms with van der Waals surface area (Å²) in [5.41, 5.74) is 1.75. The van der Waals surface area contributed by atoms with Crippen LogP contribution in [0, 0.1) is 5.82 Å². The molecule has 1 N–H and O–H groups in total. The van der Waals surface area contributed by atoms with Crippen LogP contribution in [-0.2, 0) is 11.3 Å². The molecule has 0 bridgehead atoms. The van der Waals surface area contributed by atoms with Crippen LogP contribution in [-0.4, -0.2) is 40.5 Å². The van der Waals surface area contributed by atoms with Gasteiger partial charge >= 0.3 is 0 Å². The van der Waals surface area contributed by atoms with Gasteiger partial charge in [0.2, 0.25) is 5.91 Å². The third-order valence-electron chi connectivity index (χ3n) is 4.77. The van der Waals surface area contributed by atoms with Gasteiger partial charge in [-0.15, -0.1) is 0 Å². The van der Waals surface area contributed by atoms with Crippen LogP contribution >= 0.6 is 0 Å². The normalized spacial score (nSPS) is 22.6. The molecule has 2 aromatic carbocycles. The van der Waals surface area contributed by atoms with Crippen LogP contribution in [0.25, 0.3) is 0 Å². The molecule has 0 aromatic heterocycles. The van der Waals surface area contributed by atoms with Crippen molar-refractivity contribution in [3.05, 3.63) is 65.5 Å². The number of carbonyl (C=O) groups excluding carboxylic acids is 2. The fourth-order valence-corrected chi connectivity index (χ4v) is 3.55. The zero-order valence-corrected chi connectivity index (χ0v) is 13.4. The highest BCUT2D eigenvalue weighted by atomic mass is 19.1. The van der Waals surface area contributed by atoms with Gasteiger partial charge in [-0.25, -0.2) is 4.39 Å². The minimum Gasteiger partial charge on any atom is -0.391 e. The molecule has 5 nitrogen and oxygen atoms in total. The minimum absolute atomic E-state index is 0.161. The highest BCUT2D eigenvalue weighted by molar-refractivity contribution is 6.11. The zero-order chi connectivity index (χ0) is 17.6. The monoisotopic (exact) mass is 340 g/mol. The topological polar surface area (TPSA) is 60.9 Å². The minimum atomic E-state index is -0.698. The van der Waals surface area contributed by atoms with E-state index in [0.717, 1.165) is 5.56 Å². The van der Waals surface area contributed by atoms with Crippen molar-refractivity contribution in [3.63, 3.8) is 0 Å². The largest absolute Gasteiger partial charge is 0.391 e. The van der Waals surface area contributed by atoms with Crippen LogP contribution < -0.4 is 4.90 Å². The van der Waals surface area contributed by atoms with Crippen molar-refractivity contribution in [1.29, 1.82) is 0 Å². The van der Waals surface area contributed by atoms with Crippen LogP contribution in [0.5, 0.6) is 0 Å². The Labute approximate surface area is 144 Å². The molecule has 2 atom stereocenters. The Morgan fingerprint density at radius 3 is 2.56 bits per heavy atom. The van der Waals surface area contributed by atoms with Crippen molar-refractivity contribution in [1.82, 2.24) is 4.90 Å². The van der Waals surface area contributed by atoms with E-state index < -0.39 is 12.1 Å². The Morgan fingerprint density at radius 1 is 1.08 bits per heavy atom. The van der Waals surface area contributed by atoms with Crippen molar-refractivity contribution >= 4 is 17.5 Å². The smallest absolute Gasteiger partial charge is 0.256 e. The molecule has 25 heavy (non-hydrogen) atoms. The van der Waals surface area contributed by atoms with Gasteiger partial charge in [0.1, 0.15) is 11.9 Å². The van der Waals surface area contributed by atoms with Gasteiger partial charge in [-0.1, -0.05) is 24.3 Å². The number of aliphatic hydroxyl groups is 1. The van der Waals surface area contributed by atoms with E-state index in [0.29, 0.717) is 11.3 Å². The van der Waals surface area contributed by atoms with Crippen molar-refractivity contribution in [2.75, 3.05) is 11.4 Å². The number of rotatable bonds is 2. The average molecular weight is 340 g/mol. The summed E-state index contributed by atoms with van der Waals surface area (Å²) in [6, 6.07) is 12.2. The molecule has 0 spiro atoms. The number of para-hydroxylation sites is 1. The quantitative estimate of drug-likeness (QED) is 0.909. The van der Waals surface area contributed by atoms with Gasteiger partial charge in [0.15, 0.2) is 0 Å². The molecule has 0 unspecified atom stereocenters. The fourth-order valence-electron chi connectivity index (χ4n) is 3.55. The number of amides is 2. The molecule has 2 aromatic rings. The van der Waals surface area contributed by atoms with Gasteiger partial charge in [-0.2, -0.15) is 0 Å². The zero-order valence-electron chi connectivity index (χ0n) is 13.4. The molecular formula is C19H17FN2O3. The Hall–Kier alpha value is -2.73. The number of anilines is 1. The van der Waals surface area contributed by atoms with E-state index in [1.807, 2.05) is 0 Å². The summed E-state index contributed by atoms with van der Waals surface area (Å²) in [7, 11) is 0. The predicted molar refractivity (Wildman–Crippen MR) is 89.5 cm³/mol. The van der Waals surface area contributed by atoms with E-state index in [4.69, 9.17) is 0 Å². The van der Waals surface area contributed by atoms with Gasteiger partial charge in [0.05, 0.1) is 23.9 Å². The maximum atomic E-state index is 13.2. The highest BCUT2D eigenvalue weighted by Gasteiger charge is 2.44. The van der Waals surface area contributed by atoms with E-state index in [2.05, 4.69) is 0 Å². The second-order valence-corrected chi connectivity index (χ2v) is 6.43. The van der Waals surface area contributed by atoms with E-state index in [1.54, 1.807) is 41.3 Å². The summed E-state index contributed by atoms with van der Waals surface area (Å²) in [6.45, 7) is 0.401. The van der Waals surface area contributed by atoms with E-state index >= 15 is 0 Å². The van der Waals surface area contributed by atoms with Crippen LogP contribution in [0.3, 0.4) is 0 Å². The first kappa shape index (κ1) is 15.8. The highest BCUT2D eigenvalue weighted by Crippen LogP contribution is 2.33.